The number of hydrogen-bond acceptors (Lipinski definition) is 3. The number of fused-ring (bicyclic) bond motifs is 2. The fourth-order valence-corrected chi connectivity index (χ4v) is 4.23. The molecule has 0 bridgehead atoms. The van der Waals surface area contributed by atoms with Crippen molar-refractivity contribution in [2.75, 3.05) is 7.05 Å². The molecule has 0 saturated carbocycles. The summed E-state index contributed by atoms with van der Waals surface area (Å²) in [7, 11) is 2.09. The molecule has 0 unspecified atom stereocenters. The molecule has 27 heavy (non-hydrogen) atoms. The van der Waals surface area contributed by atoms with Gasteiger partial charge < -0.3 is 8.98 Å². The van der Waals surface area contributed by atoms with E-state index in [9.17, 15) is 4.79 Å². The topological polar surface area (TPSA) is 38.4 Å². The van der Waals surface area contributed by atoms with Gasteiger partial charge in [-0.05, 0) is 41.2 Å². The molecule has 0 N–H and O–H groups in total. The molecule has 0 radical (unpaired) electrons. The SMILES string of the molecule is CCc1oc2ccccc2c1CN(C)Cn1ccc(=O)c2cccc(Br)c21. The van der Waals surface area contributed by atoms with Crippen molar-refractivity contribution >= 4 is 37.8 Å². The van der Waals surface area contributed by atoms with E-state index in [1.165, 1.54) is 10.9 Å². The highest BCUT2D eigenvalue weighted by Gasteiger charge is 2.15. The molecule has 0 fully saturated rings. The van der Waals surface area contributed by atoms with Gasteiger partial charge in [-0.2, -0.15) is 0 Å². The Kier molecular flexibility index (Phi) is 4.89. The molecule has 0 spiro atoms. The van der Waals surface area contributed by atoms with E-state index < -0.39 is 0 Å². The van der Waals surface area contributed by atoms with Crippen LogP contribution in [0, 0.1) is 0 Å². The van der Waals surface area contributed by atoms with Crippen LogP contribution in [0.5, 0.6) is 0 Å². The Morgan fingerprint density at radius 1 is 1.07 bits per heavy atom. The zero-order valence-corrected chi connectivity index (χ0v) is 17.0. The van der Waals surface area contributed by atoms with Crippen molar-refractivity contribution in [3.05, 3.63) is 80.7 Å². The smallest absolute Gasteiger partial charge is 0.189 e. The minimum atomic E-state index is 0.0410. The third-order valence-corrected chi connectivity index (χ3v) is 5.51. The first-order valence-electron chi connectivity index (χ1n) is 9.04. The summed E-state index contributed by atoms with van der Waals surface area (Å²) < 4.78 is 9.05. The lowest BCUT2D eigenvalue weighted by Gasteiger charge is -2.21. The van der Waals surface area contributed by atoms with Crippen molar-refractivity contribution < 1.29 is 4.42 Å². The Bertz CT molecular complexity index is 1180. The molecule has 5 heteroatoms. The average molecular weight is 425 g/mol. The van der Waals surface area contributed by atoms with Gasteiger partial charge in [0, 0.05) is 46.0 Å². The summed E-state index contributed by atoms with van der Waals surface area (Å²) in [4.78, 5) is 14.4. The summed E-state index contributed by atoms with van der Waals surface area (Å²) in [6.45, 7) is 3.56. The first-order chi connectivity index (χ1) is 13.1. The molecule has 0 saturated heterocycles. The van der Waals surface area contributed by atoms with E-state index in [0.29, 0.717) is 6.67 Å². The van der Waals surface area contributed by atoms with Crippen LogP contribution in [0.1, 0.15) is 18.2 Å². The molecule has 0 aliphatic carbocycles. The largest absolute Gasteiger partial charge is 0.461 e. The molecular formula is C22H21BrN2O2. The molecule has 2 aromatic heterocycles. The van der Waals surface area contributed by atoms with E-state index in [0.717, 1.165) is 39.7 Å². The van der Waals surface area contributed by atoms with Crippen LogP contribution in [0.25, 0.3) is 21.9 Å². The fourth-order valence-electron chi connectivity index (χ4n) is 3.63. The molecule has 0 aliphatic heterocycles. The van der Waals surface area contributed by atoms with Crippen LogP contribution in [0.15, 0.2) is 68.4 Å². The monoisotopic (exact) mass is 424 g/mol. The fraction of sp³-hybridized carbons (Fsp3) is 0.227. The maximum Gasteiger partial charge on any atom is 0.189 e. The number of benzene rings is 2. The molecule has 2 aromatic carbocycles. The van der Waals surface area contributed by atoms with Crippen LogP contribution < -0.4 is 5.43 Å². The summed E-state index contributed by atoms with van der Waals surface area (Å²) in [5, 5.41) is 1.90. The van der Waals surface area contributed by atoms with Crippen LogP contribution in [-0.2, 0) is 19.6 Å². The highest BCUT2D eigenvalue weighted by molar-refractivity contribution is 9.10. The van der Waals surface area contributed by atoms with E-state index in [-0.39, 0.29) is 5.43 Å². The van der Waals surface area contributed by atoms with Crippen LogP contribution in [-0.4, -0.2) is 16.5 Å². The van der Waals surface area contributed by atoms with Crippen molar-refractivity contribution in [1.82, 2.24) is 9.47 Å². The second kappa shape index (κ2) is 7.33. The lowest BCUT2D eigenvalue weighted by Crippen LogP contribution is -2.23. The van der Waals surface area contributed by atoms with Crippen molar-refractivity contribution in [1.29, 1.82) is 0 Å². The predicted molar refractivity (Wildman–Crippen MR) is 113 cm³/mol. The number of nitrogens with zero attached hydrogens (tertiary/aromatic N) is 2. The van der Waals surface area contributed by atoms with Gasteiger partial charge in [-0.1, -0.05) is 31.2 Å². The Hall–Kier alpha value is -2.37. The normalized spacial score (nSPS) is 11.7. The third kappa shape index (κ3) is 3.33. The van der Waals surface area contributed by atoms with E-state index in [2.05, 4.69) is 45.4 Å². The van der Waals surface area contributed by atoms with Crippen LogP contribution >= 0.6 is 15.9 Å². The first kappa shape index (κ1) is 18.0. The van der Waals surface area contributed by atoms with Crippen LogP contribution in [0.4, 0.5) is 0 Å². The molecule has 2 heterocycles. The highest BCUT2D eigenvalue weighted by atomic mass is 79.9. The minimum absolute atomic E-state index is 0.0410. The van der Waals surface area contributed by atoms with Crippen molar-refractivity contribution in [3.63, 3.8) is 0 Å². The van der Waals surface area contributed by atoms with Gasteiger partial charge in [-0.25, -0.2) is 0 Å². The van der Waals surface area contributed by atoms with Gasteiger partial charge in [-0.15, -0.1) is 0 Å². The summed E-state index contributed by atoms with van der Waals surface area (Å²) in [5.74, 6) is 1.04. The van der Waals surface area contributed by atoms with Gasteiger partial charge in [0.2, 0.25) is 0 Å². The van der Waals surface area contributed by atoms with Crippen molar-refractivity contribution in [2.24, 2.45) is 0 Å². The van der Waals surface area contributed by atoms with Crippen LogP contribution in [0.3, 0.4) is 0 Å². The molecule has 0 amide bonds. The van der Waals surface area contributed by atoms with Gasteiger partial charge >= 0.3 is 0 Å². The zero-order valence-electron chi connectivity index (χ0n) is 15.4. The second-order valence-corrected chi connectivity index (χ2v) is 7.65. The molecule has 4 nitrogen and oxygen atoms in total. The molecule has 4 aromatic rings. The van der Waals surface area contributed by atoms with E-state index in [1.54, 1.807) is 6.07 Å². The molecule has 138 valence electrons. The standard InChI is InChI=1S/C22H21BrN2O2/c1-3-20-17(15-7-4-5-10-21(15)27-20)13-24(2)14-25-12-11-19(26)16-8-6-9-18(23)22(16)25/h4-12H,3,13-14H2,1-2H3. The number of halogens is 1. The van der Waals surface area contributed by atoms with Gasteiger partial charge in [0.05, 0.1) is 12.2 Å². The van der Waals surface area contributed by atoms with E-state index >= 15 is 0 Å². The molecule has 0 atom stereocenters. The van der Waals surface area contributed by atoms with E-state index in [4.69, 9.17) is 4.42 Å². The quantitative estimate of drug-likeness (QED) is 0.443. The maximum absolute atomic E-state index is 12.2. The Morgan fingerprint density at radius 2 is 1.85 bits per heavy atom. The summed E-state index contributed by atoms with van der Waals surface area (Å²) in [5.41, 5.74) is 3.14. The lowest BCUT2D eigenvalue weighted by molar-refractivity contribution is 0.263. The number of para-hydroxylation sites is 2. The Morgan fingerprint density at radius 3 is 2.67 bits per heavy atom. The molecular weight excluding hydrogens is 404 g/mol. The number of pyridine rings is 1. The van der Waals surface area contributed by atoms with Crippen molar-refractivity contribution in [3.8, 4) is 0 Å². The number of furan rings is 1. The summed E-state index contributed by atoms with van der Waals surface area (Å²) in [6, 6.07) is 15.6. The third-order valence-electron chi connectivity index (χ3n) is 4.87. The number of aromatic nitrogens is 1. The van der Waals surface area contributed by atoms with Gasteiger partial charge in [0.15, 0.2) is 5.43 Å². The molecule has 0 aliphatic rings. The van der Waals surface area contributed by atoms with E-state index in [1.807, 2.05) is 42.6 Å². The van der Waals surface area contributed by atoms with Gasteiger partial charge in [-0.3, -0.25) is 9.69 Å². The number of rotatable bonds is 5. The summed E-state index contributed by atoms with van der Waals surface area (Å²) >= 11 is 3.59. The average Bonchev–Trinajstić information content (AvgIpc) is 3.02. The van der Waals surface area contributed by atoms with Crippen LogP contribution in [0.2, 0.25) is 0 Å². The first-order valence-corrected chi connectivity index (χ1v) is 9.83. The Balaban J connectivity index is 1.69. The number of aryl methyl sites for hydroxylation is 1. The Labute approximate surface area is 166 Å². The molecule has 4 rings (SSSR count). The summed E-state index contributed by atoms with van der Waals surface area (Å²) in [6.07, 6.45) is 2.73. The predicted octanol–water partition coefficient (Wildman–Crippen LogP) is 5.16. The van der Waals surface area contributed by atoms with Gasteiger partial charge in [0.1, 0.15) is 11.3 Å². The van der Waals surface area contributed by atoms with Crippen molar-refractivity contribution in [2.45, 2.75) is 26.6 Å². The zero-order chi connectivity index (χ0) is 19.0. The van der Waals surface area contributed by atoms with Gasteiger partial charge in [0.25, 0.3) is 0 Å². The number of hydrogen-bond donors (Lipinski definition) is 0. The maximum atomic E-state index is 12.2. The highest BCUT2D eigenvalue weighted by Crippen LogP contribution is 2.28. The second-order valence-electron chi connectivity index (χ2n) is 6.79. The minimum Gasteiger partial charge on any atom is -0.461 e. The lowest BCUT2D eigenvalue weighted by atomic mass is 10.1.